The first-order valence-corrected chi connectivity index (χ1v) is 7.67. The Hall–Kier alpha value is -1.78. The first kappa shape index (κ1) is 14.2. The highest BCUT2D eigenvalue weighted by Gasteiger charge is 2.00. The lowest BCUT2D eigenvalue weighted by Crippen LogP contribution is -2.00. The minimum absolute atomic E-state index is 0.703. The summed E-state index contributed by atoms with van der Waals surface area (Å²) in [6.45, 7) is 0.747. The maximum absolute atomic E-state index is 6.08. The van der Waals surface area contributed by atoms with Crippen LogP contribution in [0.3, 0.4) is 0 Å². The molecule has 3 nitrogen and oxygen atoms in total. The third-order valence-corrected chi connectivity index (χ3v) is 4.35. The van der Waals surface area contributed by atoms with Crippen LogP contribution in [-0.4, -0.2) is 9.78 Å². The Balaban J connectivity index is 1.66. The van der Waals surface area contributed by atoms with Crippen LogP contribution in [0.4, 0.5) is 5.69 Å². The molecular formula is C16H13BrClN3. The van der Waals surface area contributed by atoms with Crippen LogP contribution in [0.15, 0.2) is 65.4 Å². The van der Waals surface area contributed by atoms with E-state index in [1.165, 1.54) is 5.56 Å². The number of halogens is 2. The highest BCUT2D eigenvalue weighted by atomic mass is 79.9. The molecule has 1 aromatic heterocycles. The van der Waals surface area contributed by atoms with E-state index < -0.39 is 0 Å². The lowest BCUT2D eigenvalue weighted by molar-refractivity contribution is 0.879. The second-order valence-electron chi connectivity index (χ2n) is 4.60. The molecule has 2 aromatic carbocycles. The summed E-state index contributed by atoms with van der Waals surface area (Å²) in [5, 5.41) is 8.27. The van der Waals surface area contributed by atoms with Crippen LogP contribution in [0.2, 0.25) is 5.02 Å². The lowest BCUT2D eigenvalue weighted by atomic mass is 10.2. The van der Waals surface area contributed by atoms with Crippen molar-refractivity contribution in [2.24, 2.45) is 0 Å². The topological polar surface area (TPSA) is 29.9 Å². The van der Waals surface area contributed by atoms with E-state index in [4.69, 9.17) is 11.6 Å². The molecule has 0 unspecified atom stereocenters. The Morgan fingerprint density at radius 1 is 1.14 bits per heavy atom. The van der Waals surface area contributed by atoms with E-state index in [0.29, 0.717) is 5.02 Å². The standard InChI is InChI=1S/C16H13BrClN3/c17-15-7-4-13(10-16(15)18)19-11-12-2-5-14(6-3-12)21-9-1-8-20-21/h1-10,19H,11H2. The fourth-order valence-electron chi connectivity index (χ4n) is 2.00. The number of hydrogen-bond donors (Lipinski definition) is 1. The molecule has 106 valence electrons. The summed E-state index contributed by atoms with van der Waals surface area (Å²) in [6.07, 6.45) is 3.70. The van der Waals surface area contributed by atoms with Crippen LogP contribution in [0, 0.1) is 0 Å². The molecule has 21 heavy (non-hydrogen) atoms. The van der Waals surface area contributed by atoms with Crippen molar-refractivity contribution < 1.29 is 0 Å². The molecule has 0 amide bonds. The average molecular weight is 363 g/mol. The van der Waals surface area contributed by atoms with Gasteiger partial charge in [0.1, 0.15) is 0 Å². The van der Waals surface area contributed by atoms with Gasteiger partial charge in [0.15, 0.2) is 0 Å². The summed E-state index contributed by atoms with van der Waals surface area (Å²) in [5.41, 5.74) is 3.25. The van der Waals surface area contributed by atoms with Crippen LogP contribution < -0.4 is 5.32 Å². The molecule has 1 N–H and O–H groups in total. The zero-order valence-electron chi connectivity index (χ0n) is 11.1. The SMILES string of the molecule is Clc1cc(NCc2ccc(-n3cccn3)cc2)ccc1Br. The van der Waals surface area contributed by atoms with Gasteiger partial charge in [0, 0.05) is 29.1 Å². The molecular weight excluding hydrogens is 350 g/mol. The van der Waals surface area contributed by atoms with E-state index in [-0.39, 0.29) is 0 Å². The van der Waals surface area contributed by atoms with Crippen LogP contribution >= 0.6 is 27.5 Å². The van der Waals surface area contributed by atoms with Crippen molar-refractivity contribution in [2.45, 2.75) is 6.54 Å². The third-order valence-electron chi connectivity index (χ3n) is 3.12. The Morgan fingerprint density at radius 2 is 1.95 bits per heavy atom. The number of hydrogen-bond acceptors (Lipinski definition) is 2. The van der Waals surface area contributed by atoms with Crippen molar-refractivity contribution in [3.05, 3.63) is 76.0 Å². The molecule has 0 fully saturated rings. The Bertz CT molecular complexity index is 724. The molecule has 1 heterocycles. The summed E-state index contributed by atoms with van der Waals surface area (Å²) in [5.74, 6) is 0. The van der Waals surface area contributed by atoms with Crippen molar-refractivity contribution in [1.82, 2.24) is 9.78 Å². The van der Waals surface area contributed by atoms with Gasteiger partial charge in [0.25, 0.3) is 0 Å². The number of aromatic nitrogens is 2. The number of nitrogens with one attached hydrogen (secondary N) is 1. The summed E-state index contributed by atoms with van der Waals surface area (Å²) < 4.78 is 2.74. The van der Waals surface area contributed by atoms with Crippen molar-refractivity contribution in [2.75, 3.05) is 5.32 Å². The van der Waals surface area contributed by atoms with Gasteiger partial charge in [-0.1, -0.05) is 23.7 Å². The maximum atomic E-state index is 6.08. The Kier molecular flexibility index (Phi) is 4.27. The smallest absolute Gasteiger partial charge is 0.0645 e. The average Bonchev–Trinajstić information content (AvgIpc) is 3.03. The van der Waals surface area contributed by atoms with Gasteiger partial charge >= 0.3 is 0 Å². The second kappa shape index (κ2) is 6.33. The maximum Gasteiger partial charge on any atom is 0.0645 e. The molecule has 0 bridgehead atoms. The van der Waals surface area contributed by atoms with Gasteiger partial charge in [-0.05, 0) is 57.9 Å². The van der Waals surface area contributed by atoms with Gasteiger partial charge in [-0.25, -0.2) is 4.68 Å². The first-order chi connectivity index (χ1) is 10.2. The number of nitrogens with zero attached hydrogens (tertiary/aromatic N) is 2. The fourth-order valence-corrected chi connectivity index (χ4v) is 2.43. The number of benzene rings is 2. The first-order valence-electron chi connectivity index (χ1n) is 6.50. The molecule has 0 saturated heterocycles. The minimum atomic E-state index is 0.703. The van der Waals surface area contributed by atoms with E-state index in [1.54, 1.807) is 6.20 Å². The normalized spacial score (nSPS) is 10.6. The van der Waals surface area contributed by atoms with Crippen LogP contribution in [0.25, 0.3) is 5.69 Å². The molecule has 3 aromatic rings. The van der Waals surface area contributed by atoms with E-state index in [1.807, 2.05) is 35.1 Å². The van der Waals surface area contributed by atoms with E-state index in [2.05, 4.69) is 50.6 Å². The summed E-state index contributed by atoms with van der Waals surface area (Å²) in [4.78, 5) is 0. The van der Waals surface area contributed by atoms with Gasteiger partial charge in [-0.15, -0.1) is 0 Å². The highest BCUT2D eigenvalue weighted by molar-refractivity contribution is 9.10. The highest BCUT2D eigenvalue weighted by Crippen LogP contribution is 2.25. The fraction of sp³-hybridized carbons (Fsp3) is 0.0625. The molecule has 0 saturated carbocycles. The Labute approximate surface area is 136 Å². The van der Waals surface area contributed by atoms with Crippen molar-refractivity contribution in [3.63, 3.8) is 0 Å². The molecule has 0 aliphatic carbocycles. The Morgan fingerprint density at radius 3 is 2.62 bits per heavy atom. The third kappa shape index (κ3) is 3.46. The second-order valence-corrected chi connectivity index (χ2v) is 5.86. The van der Waals surface area contributed by atoms with Gasteiger partial charge in [-0.3, -0.25) is 0 Å². The van der Waals surface area contributed by atoms with Crippen molar-refractivity contribution in [1.29, 1.82) is 0 Å². The minimum Gasteiger partial charge on any atom is -0.381 e. The lowest BCUT2D eigenvalue weighted by Gasteiger charge is -2.08. The van der Waals surface area contributed by atoms with Crippen LogP contribution in [0.5, 0.6) is 0 Å². The molecule has 0 atom stereocenters. The van der Waals surface area contributed by atoms with Crippen molar-refractivity contribution in [3.8, 4) is 5.69 Å². The van der Waals surface area contributed by atoms with E-state index in [9.17, 15) is 0 Å². The van der Waals surface area contributed by atoms with Crippen molar-refractivity contribution >= 4 is 33.2 Å². The van der Waals surface area contributed by atoms with Gasteiger partial charge < -0.3 is 5.32 Å². The van der Waals surface area contributed by atoms with E-state index >= 15 is 0 Å². The van der Waals surface area contributed by atoms with Gasteiger partial charge in [-0.2, -0.15) is 5.10 Å². The van der Waals surface area contributed by atoms with Gasteiger partial charge in [0.2, 0.25) is 0 Å². The predicted molar refractivity (Wildman–Crippen MR) is 90.0 cm³/mol. The largest absolute Gasteiger partial charge is 0.381 e. The molecule has 0 spiro atoms. The molecule has 3 rings (SSSR count). The zero-order valence-corrected chi connectivity index (χ0v) is 13.5. The summed E-state index contributed by atoms with van der Waals surface area (Å²) >= 11 is 9.46. The monoisotopic (exact) mass is 361 g/mol. The zero-order chi connectivity index (χ0) is 14.7. The molecule has 0 aliphatic heterocycles. The van der Waals surface area contributed by atoms with Gasteiger partial charge in [0.05, 0.1) is 10.7 Å². The van der Waals surface area contributed by atoms with Crippen LogP contribution in [-0.2, 0) is 6.54 Å². The predicted octanol–water partition coefficient (Wildman–Crippen LogP) is 4.90. The molecule has 0 radical (unpaired) electrons. The summed E-state index contributed by atoms with van der Waals surface area (Å²) in [7, 11) is 0. The van der Waals surface area contributed by atoms with Crippen LogP contribution in [0.1, 0.15) is 5.56 Å². The number of rotatable bonds is 4. The quantitative estimate of drug-likeness (QED) is 0.715. The molecule has 0 aliphatic rings. The number of anilines is 1. The summed E-state index contributed by atoms with van der Waals surface area (Å²) in [6, 6.07) is 16.0. The van der Waals surface area contributed by atoms with E-state index in [0.717, 1.165) is 22.4 Å². The molecule has 5 heteroatoms.